The van der Waals surface area contributed by atoms with Crippen molar-refractivity contribution in [2.45, 2.75) is 13.3 Å². The van der Waals surface area contributed by atoms with E-state index in [1.165, 1.54) is 0 Å². The molecule has 4 N–H and O–H groups in total. The van der Waals surface area contributed by atoms with Gasteiger partial charge >= 0.3 is 11.9 Å². The Morgan fingerprint density at radius 1 is 1.47 bits per heavy atom. The van der Waals surface area contributed by atoms with Crippen LogP contribution in [0.1, 0.15) is 10.7 Å². The molecule has 0 unspecified atom stereocenters. The van der Waals surface area contributed by atoms with Gasteiger partial charge in [0, 0.05) is 17.5 Å². The Labute approximate surface area is 90.4 Å². The first-order chi connectivity index (χ1) is 6.97. The molecule has 1 rings (SSSR count). The molecule has 0 bridgehead atoms. The van der Waals surface area contributed by atoms with Crippen molar-refractivity contribution in [3.63, 3.8) is 0 Å². The number of carboxylic acids is 2. The summed E-state index contributed by atoms with van der Waals surface area (Å²) in [4.78, 5) is 22.4. The van der Waals surface area contributed by atoms with Crippen LogP contribution in [-0.4, -0.2) is 33.7 Å². The summed E-state index contributed by atoms with van der Waals surface area (Å²) in [5.41, 5.74) is 6.44. The molecule has 0 fully saturated rings. The Balaban J connectivity index is 0.000000288. The maximum atomic E-state index is 9.10. The van der Waals surface area contributed by atoms with Gasteiger partial charge in [0.25, 0.3) is 0 Å². The lowest BCUT2D eigenvalue weighted by Crippen LogP contribution is -2.09. The van der Waals surface area contributed by atoms with E-state index in [0.717, 1.165) is 17.1 Å². The van der Waals surface area contributed by atoms with Gasteiger partial charge in [-0.25, -0.2) is 14.6 Å². The zero-order valence-corrected chi connectivity index (χ0v) is 8.95. The van der Waals surface area contributed by atoms with Gasteiger partial charge in [-0.1, -0.05) is 0 Å². The number of rotatable bonds is 2. The predicted molar refractivity (Wildman–Crippen MR) is 54.9 cm³/mol. The highest BCUT2D eigenvalue weighted by Gasteiger charge is 2.04. The predicted octanol–water partition coefficient (Wildman–Crippen LogP) is 0.108. The van der Waals surface area contributed by atoms with E-state index in [1.807, 2.05) is 12.3 Å². The summed E-state index contributed by atoms with van der Waals surface area (Å²) < 4.78 is 0. The van der Waals surface area contributed by atoms with E-state index in [4.69, 9.17) is 25.5 Å². The first kappa shape index (κ1) is 13.5. The minimum Gasteiger partial charge on any atom is -0.473 e. The van der Waals surface area contributed by atoms with Gasteiger partial charge in [-0.05, 0) is 13.5 Å². The summed E-state index contributed by atoms with van der Waals surface area (Å²) in [7, 11) is 0. The smallest absolute Gasteiger partial charge is 0.414 e. The second kappa shape index (κ2) is 6.91. The number of hydrogen-bond acceptors (Lipinski definition) is 5. The molecule has 6 nitrogen and oxygen atoms in total. The third-order valence-corrected chi connectivity index (χ3v) is 2.23. The van der Waals surface area contributed by atoms with E-state index < -0.39 is 11.9 Å². The number of hydrogen-bond donors (Lipinski definition) is 3. The van der Waals surface area contributed by atoms with Crippen molar-refractivity contribution in [1.29, 1.82) is 0 Å². The summed E-state index contributed by atoms with van der Waals surface area (Å²) in [5, 5.41) is 18.0. The standard InChI is InChI=1S/C6H10N2S.C2H2O4/c1-5-4-9-6(8-5)2-3-7;3-1(4)2(5)6/h4H,2-3,7H2,1H3;(H,3,4)(H,5,6). The second-order valence-corrected chi connectivity index (χ2v) is 3.47. The minimum absolute atomic E-state index is 0.701. The molecule has 0 aliphatic carbocycles. The third-order valence-electron chi connectivity index (χ3n) is 1.21. The van der Waals surface area contributed by atoms with Gasteiger partial charge in [0.05, 0.1) is 5.01 Å². The van der Waals surface area contributed by atoms with Crippen LogP contribution in [0.3, 0.4) is 0 Å². The minimum atomic E-state index is -1.82. The van der Waals surface area contributed by atoms with Crippen molar-refractivity contribution in [2.24, 2.45) is 5.73 Å². The van der Waals surface area contributed by atoms with Crippen LogP contribution in [0.25, 0.3) is 0 Å². The quantitative estimate of drug-likeness (QED) is 0.623. The number of aromatic nitrogens is 1. The third kappa shape index (κ3) is 6.58. The molecule has 7 heteroatoms. The van der Waals surface area contributed by atoms with Gasteiger partial charge < -0.3 is 15.9 Å². The van der Waals surface area contributed by atoms with Crippen molar-refractivity contribution < 1.29 is 19.8 Å². The van der Waals surface area contributed by atoms with Crippen LogP contribution in [0.5, 0.6) is 0 Å². The lowest BCUT2D eigenvalue weighted by molar-refractivity contribution is -0.159. The van der Waals surface area contributed by atoms with Gasteiger partial charge in [0.15, 0.2) is 0 Å². The van der Waals surface area contributed by atoms with Crippen molar-refractivity contribution >= 4 is 23.3 Å². The molecule has 1 aromatic heterocycles. The lowest BCUT2D eigenvalue weighted by atomic mass is 10.4. The Morgan fingerprint density at radius 2 is 2.00 bits per heavy atom. The molecular formula is C8H12N2O4S. The van der Waals surface area contributed by atoms with Crippen LogP contribution in [-0.2, 0) is 16.0 Å². The SMILES string of the molecule is Cc1csc(CCN)n1.O=C(O)C(=O)O. The average Bonchev–Trinajstić information content (AvgIpc) is 2.53. The number of carbonyl (C=O) groups is 2. The summed E-state index contributed by atoms with van der Waals surface area (Å²) in [6, 6.07) is 0. The monoisotopic (exact) mass is 232 g/mol. The average molecular weight is 232 g/mol. The molecule has 0 spiro atoms. The first-order valence-corrected chi connectivity index (χ1v) is 4.92. The molecule has 0 saturated heterocycles. The normalized spacial score (nSPS) is 8.93. The summed E-state index contributed by atoms with van der Waals surface area (Å²) in [6.45, 7) is 2.70. The molecule has 1 aromatic rings. The zero-order chi connectivity index (χ0) is 11.8. The largest absolute Gasteiger partial charge is 0.473 e. The zero-order valence-electron chi connectivity index (χ0n) is 8.14. The lowest BCUT2D eigenvalue weighted by Gasteiger charge is -1.85. The maximum Gasteiger partial charge on any atom is 0.414 e. The number of carboxylic acid groups (broad SMARTS) is 2. The first-order valence-electron chi connectivity index (χ1n) is 4.04. The van der Waals surface area contributed by atoms with E-state index >= 15 is 0 Å². The summed E-state index contributed by atoms with van der Waals surface area (Å²) >= 11 is 1.68. The molecule has 0 radical (unpaired) electrons. The number of thiazole rings is 1. The van der Waals surface area contributed by atoms with Crippen LogP contribution in [0.2, 0.25) is 0 Å². The van der Waals surface area contributed by atoms with Crippen molar-refractivity contribution in [2.75, 3.05) is 6.54 Å². The van der Waals surface area contributed by atoms with Crippen LogP contribution in [0.15, 0.2) is 5.38 Å². The van der Waals surface area contributed by atoms with Gasteiger partial charge in [-0.15, -0.1) is 11.3 Å². The fraction of sp³-hybridized carbons (Fsp3) is 0.375. The molecule has 15 heavy (non-hydrogen) atoms. The summed E-state index contributed by atoms with van der Waals surface area (Å²) in [5.74, 6) is -3.65. The van der Waals surface area contributed by atoms with E-state index in [1.54, 1.807) is 11.3 Å². The molecule has 0 aliphatic rings. The van der Waals surface area contributed by atoms with Crippen LogP contribution in [0, 0.1) is 6.92 Å². The molecule has 0 aliphatic heterocycles. The van der Waals surface area contributed by atoms with Gasteiger partial charge in [0.2, 0.25) is 0 Å². The molecule has 0 atom stereocenters. The van der Waals surface area contributed by atoms with Crippen molar-refractivity contribution in [1.82, 2.24) is 4.98 Å². The van der Waals surface area contributed by atoms with Crippen molar-refractivity contribution in [3.8, 4) is 0 Å². The molecular weight excluding hydrogens is 220 g/mol. The van der Waals surface area contributed by atoms with Crippen LogP contribution >= 0.6 is 11.3 Å². The highest BCUT2D eigenvalue weighted by atomic mass is 32.1. The topological polar surface area (TPSA) is 114 Å². The fourth-order valence-corrected chi connectivity index (χ4v) is 1.43. The van der Waals surface area contributed by atoms with Gasteiger partial charge in [-0.3, -0.25) is 0 Å². The van der Waals surface area contributed by atoms with Crippen LogP contribution in [0.4, 0.5) is 0 Å². The number of aryl methyl sites for hydroxylation is 1. The van der Waals surface area contributed by atoms with Crippen LogP contribution < -0.4 is 5.73 Å². The molecule has 84 valence electrons. The van der Waals surface area contributed by atoms with E-state index in [9.17, 15) is 0 Å². The van der Waals surface area contributed by atoms with Gasteiger partial charge in [0.1, 0.15) is 0 Å². The number of nitrogens with zero attached hydrogens (tertiary/aromatic N) is 1. The Kier molecular flexibility index (Phi) is 6.23. The van der Waals surface area contributed by atoms with Crippen molar-refractivity contribution in [3.05, 3.63) is 16.1 Å². The van der Waals surface area contributed by atoms with E-state index in [2.05, 4.69) is 4.98 Å². The second-order valence-electron chi connectivity index (χ2n) is 2.53. The Morgan fingerprint density at radius 3 is 2.27 bits per heavy atom. The number of nitrogens with two attached hydrogens (primary N) is 1. The van der Waals surface area contributed by atoms with E-state index in [-0.39, 0.29) is 0 Å². The molecule has 0 amide bonds. The fourth-order valence-electron chi connectivity index (χ4n) is 0.641. The molecule has 0 aromatic carbocycles. The highest BCUT2D eigenvalue weighted by Crippen LogP contribution is 2.07. The highest BCUT2D eigenvalue weighted by molar-refractivity contribution is 7.09. The Hall–Kier alpha value is -1.47. The molecule has 1 heterocycles. The molecule has 0 saturated carbocycles. The van der Waals surface area contributed by atoms with Gasteiger partial charge in [-0.2, -0.15) is 0 Å². The summed E-state index contributed by atoms with van der Waals surface area (Å²) in [6.07, 6.45) is 0.915. The maximum absolute atomic E-state index is 9.10. The Bertz CT molecular complexity index is 325. The van der Waals surface area contributed by atoms with E-state index in [0.29, 0.717) is 6.54 Å². The number of aliphatic carboxylic acids is 2.